The predicted molar refractivity (Wildman–Crippen MR) is 88.8 cm³/mol. The van der Waals surface area contributed by atoms with Crippen LogP contribution < -0.4 is 5.32 Å². The first-order valence-electron chi connectivity index (χ1n) is 7.27. The number of H-pyrrole nitrogens is 1. The summed E-state index contributed by atoms with van der Waals surface area (Å²) < 4.78 is 5.12. The molecule has 7 nitrogen and oxygen atoms in total. The molecule has 0 aliphatic heterocycles. The summed E-state index contributed by atoms with van der Waals surface area (Å²) in [5, 5.41) is 11.0. The summed E-state index contributed by atoms with van der Waals surface area (Å²) in [4.78, 5) is 22.4. The van der Waals surface area contributed by atoms with Gasteiger partial charge < -0.3 is 10.1 Å². The average Bonchev–Trinajstić information content (AvgIpc) is 3.13. The minimum absolute atomic E-state index is 0.315. The maximum absolute atomic E-state index is 12.1. The molecular formula is C15H17N5O2S. The van der Waals surface area contributed by atoms with Gasteiger partial charge in [-0.15, -0.1) is 11.3 Å². The smallest absolute Gasteiger partial charge is 0.348 e. The predicted octanol–water partition coefficient (Wildman–Crippen LogP) is 2.82. The molecule has 0 bridgehead atoms. The van der Waals surface area contributed by atoms with Gasteiger partial charge in [-0.1, -0.05) is 0 Å². The normalized spacial score (nSPS) is 10.9. The zero-order chi connectivity index (χ0) is 16.4. The largest absolute Gasteiger partial charge is 0.462 e. The highest BCUT2D eigenvalue weighted by Crippen LogP contribution is 2.34. The van der Waals surface area contributed by atoms with Crippen LogP contribution in [0.15, 0.2) is 12.3 Å². The topological polar surface area (TPSA) is 92.8 Å². The minimum Gasteiger partial charge on any atom is -0.462 e. The zero-order valence-electron chi connectivity index (χ0n) is 13.1. The van der Waals surface area contributed by atoms with Crippen LogP contribution in [0.25, 0.3) is 10.2 Å². The van der Waals surface area contributed by atoms with Crippen molar-refractivity contribution in [3.63, 3.8) is 0 Å². The SMILES string of the molecule is CCOC(=O)c1sc2nc(C)nc(NCc3ccn[nH]3)c2c1C. The van der Waals surface area contributed by atoms with E-state index in [-0.39, 0.29) is 5.97 Å². The second-order valence-electron chi connectivity index (χ2n) is 5.01. The number of nitrogens with one attached hydrogen (secondary N) is 2. The molecule has 0 amide bonds. The Morgan fingerprint density at radius 2 is 2.22 bits per heavy atom. The highest BCUT2D eigenvalue weighted by molar-refractivity contribution is 7.20. The maximum Gasteiger partial charge on any atom is 0.348 e. The number of aromatic nitrogens is 4. The van der Waals surface area contributed by atoms with Crippen LogP contribution >= 0.6 is 11.3 Å². The number of rotatable bonds is 5. The molecule has 3 aromatic heterocycles. The van der Waals surface area contributed by atoms with E-state index in [0.29, 0.717) is 29.7 Å². The van der Waals surface area contributed by atoms with Crippen molar-refractivity contribution in [3.05, 3.63) is 34.2 Å². The Kier molecular flexibility index (Phi) is 4.24. The van der Waals surface area contributed by atoms with Gasteiger partial charge in [0.05, 0.1) is 24.2 Å². The Morgan fingerprint density at radius 1 is 1.39 bits per heavy atom. The second kappa shape index (κ2) is 6.33. The van der Waals surface area contributed by atoms with E-state index in [1.165, 1.54) is 11.3 Å². The number of carbonyl (C=O) groups excluding carboxylic acids is 1. The molecule has 120 valence electrons. The number of aromatic amines is 1. The molecule has 0 unspecified atom stereocenters. The monoisotopic (exact) mass is 331 g/mol. The molecule has 0 aliphatic rings. The molecule has 8 heteroatoms. The molecule has 0 fully saturated rings. The molecule has 0 spiro atoms. The average molecular weight is 331 g/mol. The molecule has 0 radical (unpaired) electrons. The first-order chi connectivity index (χ1) is 11.1. The van der Waals surface area contributed by atoms with E-state index >= 15 is 0 Å². The minimum atomic E-state index is -0.315. The Labute approximate surface area is 137 Å². The van der Waals surface area contributed by atoms with Gasteiger partial charge in [0, 0.05) is 6.20 Å². The number of esters is 1. The lowest BCUT2D eigenvalue weighted by Crippen LogP contribution is -2.05. The third kappa shape index (κ3) is 3.02. The second-order valence-corrected chi connectivity index (χ2v) is 6.01. The number of anilines is 1. The van der Waals surface area contributed by atoms with E-state index in [2.05, 4.69) is 25.5 Å². The van der Waals surface area contributed by atoms with Crippen LogP contribution in [0.4, 0.5) is 5.82 Å². The van der Waals surface area contributed by atoms with Crippen molar-refractivity contribution in [1.82, 2.24) is 20.2 Å². The number of fused-ring (bicyclic) bond motifs is 1. The quantitative estimate of drug-likeness (QED) is 0.698. The van der Waals surface area contributed by atoms with Crippen molar-refractivity contribution in [1.29, 1.82) is 0 Å². The fourth-order valence-corrected chi connectivity index (χ4v) is 3.45. The zero-order valence-corrected chi connectivity index (χ0v) is 14.0. The molecular weight excluding hydrogens is 314 g/mol. The van der Waals surface area contributed by atoms with E-state index in [9.17, 15) is 4.79 Å². The van der Waals surface area contributed by atoms with Crippen LogP contribution in [0.5, 0.6) is 0 Å². The summed E-state index contributed by atoms with van der Waals surface area (Å²) in [5.41, 5.74) is 1.79. The van der Waals surface area contributed by atoms with Crippen molar-refractivity contribution in [2.24, 2.45) is 0 Å². The molecule has 2 N–H and O–H groups in total. The van der Waals surface area contributed by atoms with E-state index in [1.54, 1.807) is 13.1 Å². The summed E-state index contributed by atoms with van der Waals surface area (Å²) >= 11 is 1.34. The number of carbonyl (C=O) groups is 1. The number of hydrogen-bond acceptors (Lipinski definition) is 7. The summed E-state index contributed by atoms with van der Waals surface area (Å²) in [6.45, 7) is 6.44. The summed E-state index contributed by atoms with van der Waals surface area (Å²) in [6.07, 6.45) is 1.70. The Morgan fingerprint density at radius 3 is 2.91 bits per heavy atom. The van der Waals surface area contributed by atoms with Gasteiger partial charge in [0.2, 0.25) is 0 Å². The molecule has 23 heavy (non-hydrogen) atoms. The van der Waals surface area contributed by atoms with Gasteiger partial charge >= 0.3 is 5.97 Å². The van der Waals surface area contributed by atoms with Crippen molar-refractivity contribution < 1.29 is 9.53 Å². The Bertz CT molecular complexity index is 841. The van der Waals surface area contributed by atoms with E-state index in [1.807, 2.05) is 19.9 Å². The van der Waals surface area contributed by atoms with Crippen LogP contribution in [0, 0.1) is 13.8 Å². The third-order valence-electron chi connectivity index (χ3n) is 3.37. The first-order valence-corrected chi connectivity index (χ1v) is 8.08. The highest BCUT2D eigenvalue weighted by atomic mass is 32.1. The van der Waals surface area contributed by atoms with Crippen molar-refractivity contribution in [2.45, 2.75) is 27.3 Å². The standard InChI is InChI=1S/C15H17N5O2S/c1-4-22-15(21)12-8(2)11-13(16-7-10-5-6-17-20-10)18-9(3)19-14(11)23-12/h5-6H,4,7H2,1-3H3,(H,17,20)(H,16,18,19). The summed E-state index contributed by atoms with van der Waals surface area (Å²) in [5.74, 6) is 1.05. The molecule has 0 aliphatic carbocycles. The van der Waals surface area contributed by atoms with Gasteiger partial charge in [-0.2, -0.15) is 5.10 Å². The molecule has 0 aromatic carbocycles. The molecule has 3 rings (SSSR count). The Hall–Kier alpha value is -2.48. The van der Waals surface area contributed by atoms with E-state index < -0.39 is 0 Å². The molecule has 3 heterocycles. The van der Waals surface area contributed by atoms with Gasteiger partial charge in [0.25, 0.3) is 0 Å². The molecule has 3 aromatic rings. The van der Waals surface area contributed by atoms with Gasteiger partial charge in [-0.25, -0.2) is 14.8 Å². The van der Waals surface area contributed by atoms with E-state index in [4.69, 9.17) is 4.74 Å². The van der Waals surface area contributed by atoms with Crippen LogP contribution in [-0.2, 0) is 11.3 Å². The molecule has 0 saturated carbocycles. The highest BCUT2D eigenvalue weighted by Gasteiger charge is 2.20. The van der Waals surface area contributed by atoms with Crippen LogP contribution in [0.3, 0.4) is 0 Å². The van der Waals surface area contributed by atoms with Crippen LogP contribution in [-0.4, -0.2) is 32.7 Å². The number of ether oxygens (including phenoxy) is 1. The van der Waals surface area contributed by atoms with Crippen molar-refractivity contribution in [2.75, 3.05) is 11.9 Å². The number of thiophene rings is 1. The Balaban J connectivity index is 2.01. The van der Waals surface area contributed by atoms with Gasteiger partial charge in [-0.3, -0.25) is 5.10 Å². The molecule has 0 atom stereocenters. The maximum atomic E-state index is 12.1. The van der Waals surface area contributed by atoms with Gasteiger partial charge in [-0.05, 0) is 32.4 Å². The van der Waals surface area contributed by atoms with Crippen molar-refractivity contribution in [3.8, 4) is 0 Å². The molecule has 0 saturated heterocycles. The fourth-order valence-electron chi connectivity index (χ4n) is 2.33. The van der Waals surface area contributed by atoms with Crippen LogP contribution in [0.1, 0.15) is 33.7 Å². The van der Waals surface area contributed by atoms with Crippen LogP contribution in [0.2, 0.25) is 0 Å². The number of aryl methyl sites for hydroxylation is 2. The lowest BCUT2D eigenvalue weighted by Gasteiger charge is -2.07. The van der Waals surface area contributed by atoms with E-state index in [0.717, 1.165) is 21.5 Å². The first kappa shape index (κ1) is 15.4. The number of nitrogens with zero attached hydrogens (tertiary/aromatic N) is 3. The van der Waals surface area contributed by atoms with Gasteiger partial charge in [0.15, 0.2) is 0 Å². The third-order valence-corrected chi connectivity index (χ3v) is 4.53. The lowest BCUT2D eigenvalue weighted by molar-refractivity contribution is 0.0531. The summed E-state index contributed by atoms with van der Waals surface area (Å²) in [6, 6.07) is 1.89. The fraction of sp³-hybridized carbons (Fsp3) is 0.333. The number of hydrogen-bond donors (Lipinski definition) is 2. The lowest BCUT2D eigenvalue weighted by atomic mass is 10.2. The van der Waals surface area contributed by atoms with Crippen molar-refractivity contribution >= 4 is 33.3 Å². The summed E-state index contributed by atoms with van der Waals surface area (Å²) in [7, 11) is 0. The van der Waals surface area contributed by atoms with Gasteiger partial charge in [0.1, 0.15) is 21.3 Å².